The Balaban J connectivity index is 1.94. The zero-order valence-corrected chi connectivity index (χ0v) is 14.3. The molecule has 0 saturated carbocycles. The molecule has 2 aromatic carbocycles. The molecule has 0 bridgehead atoms. The summed E-state index contributed by atoms with van der Waals surface area (Å²) < 4.78 is 16.4. The quantitative estimate of drug-likeness (QED) is 0.700. The summed E-state index contributed by atoms with van der Waals surface area (Å²) in [4.78, 5) is 19.3. The Morgan fingerprint density at radius 2 is 1.72 bits per heavy atom. The third-order valence-corrected chi connectivity index (χ3v) is 3.52. The molecule has 3 aromatic rings. The number of carbonyl (C=O) groups excluding carboxylic acids is 1. The molecule has 25 heavy (non-hydrogen) atoms. The Labute approximate surface area is 149 Å². The van der Waals surface area contributed by atoms with Gasteiger partial charge in [0.1, 0.15) is 17.3 Å². The van der Waals surface area contributed by atoms with Crippen LogP contribution >= 0.6 is 0 Å². The summed E-state index contributed by atoms with van der Waals surface area (Å²) in [5.74, 6) is 2.06. The highest BCUT2D eigenvalue weighted by Gasteiger charge is 2.12. The van der Waals surface area contributed by atoms with Crippen LogP contribution in [0.2, 0.25) is 0 Å². The van der Waals surface area contributed by atoms with Gasteiger partial charge < -0.3 is 37.0 Å². The molecule has 0 radical (unpaired) electrons. The van der Waals surface area contributed by atoms with Crippen molar-refractivity contribution in [2.24, 2.45) is 0 Å². The molecule has 0 aliphatic rings. The van der Waals surface area contributed by atoms with Gasteiger partial charge in [-0.1, -0.05) is 0 Å². The van der Waals surface area contributed by atoms with E-state index in [0.29, 0.717) is 39.7 Å². The summed E-state index contributed by atoms with van der Waals surface area (Å²) in [6.07, 6.45) is 1.41. The fourth-order valence-electron chi connectivity index (χ4n) is 2.28. The van der Waals surface area contributed by atoms with Crippen molar-refractivity contribution in [3.05, 3.63) is 42.7 Å². The number of methoxy groups -OCH3 is 2. The molecule has 128 valence electrons. The van der Waals surface area contributed by atoms with Crippen LogP contribution in [0.4, 0.5) is 10.5 Å². The van der Waals surface area contributed by atoms with E-state index in [1.165, 1.54) is 6.33 Å². The molecule has 8 heteroatoms. The van der Waals surface area contributed by atoms with E-state index >= 15 is 0 Å². The normalized spacial score (nSPS) is 10.3. The van der Waals surface area contributed by atoms with Crippen molar-refractivity contribution in [1.29, 1.82) is 0 Å². The number of carbonyl (C=O) groups is 1. The number of amides is 1. The molecule has 3 rings (SSSR count). The highest BCUT2D eigenvalue weighted by molar-refractivity contribution is 7.77. The molecule has 1 heterocycles. The second kappa shape index (κ2) is 7.18. The third kappa shape index (κ3) is 3.69. The average molecular weight is 356 g/mol. The maximum atomic E-state index is 10.9. The van der Waals surface area contributed by atoms with E-state index in [9.17, 15) is 4.79 Å². The molecule has 0 spiro atoms. The third-order valence-electron chi connectivity index (χ3n) is 3.42. The van der Waals surface area contributed by atoms with E-state index in [2.05, 4.69) is 27.9 Å². The largest absolute Gasteiger partial charge is 0.719 e. The Hall–Kier alpha value is -3.13. The van der Waals surface area contributed by atoms with Gasteiger partial charge in [0.2, 0.25) is 5.88 Å². The molecule has 0 unspecified atom stereocenters. The molecule has 7 nitrogen and oxygen atoms in total. The first-order chi connectivity index (χ1) is 12.1. The maximum absolute atomic E-state index is 10.9. The monoisotopic (exact) mass is 356 g/mol. The van der Waals surface area contributed by atoms with Gasteiger partial charge in [0.25, 0.3) is 0 Å². The van der Waals surface area contributed by atoms with Crippen LogP contribution in [-0.2, 0) is 12.6 Å². The van der Waals surface area contributed by atoms with Gasteiger partial charge in [-0.05, 0) is 30.3 Å². The van der Waals surface area contributed by atoms with E-state index in [0.717, 1.165) is 0 Å². The van der Waals surface area contributed by atoms with Gasteiger partial charge in [0.05, 0.1) is 25.1 Å². The Morgan fingerprint density at radius 1 is 1.04 bits per heavy atom. The summed E-state index contributed by atoms with van der Waals surface area (Å²) in [5, 5.41) is 2.66. The zero-order chi connectivity index (χ0) is 17.8. The highest BCUT2D eigenvalue weighted by Crippen LogP contribution is 2.35. The van der Waals surface area contributed by atoms with Crippen LogP contribution in [0.5, 0.6) is 23.1 Å². The SMILES string of the molecule is COc1cc2ncnc(Oc3ccc(NC(=O)[S-])cc3)c2cc1OC. The summed E-state index contributed by atoms with van der Waals surface area (Å²) in [6.45, 7) is 0. The number of hydrogen-bond donors (Lipinski definition) is 1. The van der Waals surface area contributed by atoms with Crippen LogP contribution in [0.3, 0.4) is 0 Å². The minimum absolute atomic E-state index is 0.381. The van der Waals surface area contributed by atoms with Gasteiger partial charge in [-0.2, -0.15) is 0 Å². The Kier molecular flexibility index (Phi) is 4.80. The molecule has 0 aliphatic heterocycles. The van der Waals surface area contributed by atoms with E-state index in [1.807, 2.05) is 0 Å². The van der Waals surface area contributed by atoms with Gasteiger partial charge in [-0.15, -0.1) is 0 Å². The topological polar surface area (TPSA) is 82.6 Å². The lowest BCUT2D eigenvalue weighted by Crippen LogP contribution is -2.04. The first-order valence-electron chi connectivity index (χ1n) is 7.23. The summed E-state index contributed by atoms with van der Waals surface area (Å²) >= 11 is 4.48. The fourth-order valence-corrected chi connectivity index (χ4v) is 2.39. The highest BCUT2D eigenvalue weighted by atomic mass is 32.1. The second-order valence-corrected chi connectivity index (χ2v) is 5.31. The predicted octanol–water partition coefficient (Wildman–Crippen LogP) is 3.52. The van der Waals surface area contributed by atoms with Crippen LogP contribution < -0.4 is 19.5 Å². The minimum Gasteiger partial charge on any atom is -0.719 e. The van der Waals surface area contributed by atoms with Crippen LogP contribution in [0, 0.1) is 0 Å². The number of nitrogens with one attached hydrogen (secondary N) is 1. The van der Waals surface area contributed by atoms with Crippen molar-refractivity contribution in [3.8, 4) is 23.1 Å². The van der Waals surface area contributed by atoms with Crippen molar-refractivity contribution >= 4 is 34.5 Å². The van der Waals surface area contributed by atoms with Gasteiger partial charge in [0.15, 0.2) is 11.5 Å². The molecule has 0 saturated heterocycles. The summed E-state index contributed by atoms with van der Waals surface area (Å²) in [7, 11) is 3.12. The molecule has 0 aliphatic carbocycles. The average Bonchev–Trinajstić information content (AvgIpc) is 2.62. The summed E-state index contributed by atoms with van der Waals surface area (Å²) in [6, 6.07) is 10.3. The van der Waals surface area contributed by atoms with Crippen molar-refractivity contribution < 1.29 is 19.0 Å². The van der Waals surface area contributed by atoms with Crippen LogP contribution in [-0.4, -0.2) is 29.4 Å². The lowest BCUT2D eigenvalue weighted by atomic mass is 10.2. The van der Waals surface area contributed by atoms with Crippen molar-refractivity contribution in [2.75, 3.05) is 19.5 Å². The predicted molar refractivity (Wildman–Crippen MR) is 95.5 cm³/mol. The van der Waals surface area contributed by atoms with E-state index < -0.39 is 5.24 Å². The van der Waals surface area contributed by atoms with Crippen molar-refractivity contribution in [2.45, 2.75) is 0 Å². The second-order valence-electron chi connectivity index (χ2n) is 4.94. The number of aromatic nitrogens is 2. The smallest absolute Gasteiger partial charge is 0.230 e. The Bertz CT molecular complexity index is 916. The zero-order valence-electron chi connectivity index (χ0n) is 13.5. The minimum atomic E-state index is -0.545. The van der Waals surface area contributed by atoms with Crippen molar-refractivity contribution in [1.82, 2.24) is 9.97 Å². The number of fused-ring (bicyclic) bond motifs is 1. The van der Waals surface area contributed by atoms with Crippen molar-refractivity contribution in [3.63, 3.8) is 0 Å². The molecule has 1 aromatic heterocycles. The standard InChI is InChI=1S/C17H15N3O4S/c1-22-14-7-12-13(8-15(14)23-2)18-9-19-16(12)24-11-5-3-10(4-6-11)20-17(21)25/h3-9H,1-2H3,(H2,20,21,25)/p-1. The molecule has 1 amide bonds. The number of rotatable bonds is 5. The first-order valence-corrected chi connectivity index (χ1v) is 7.64. The first kappa shape index (κ1) is 16.7. The van der Waals surface area contributed by atoms with Gasteiger partial charge >= 0.3 is 0 Å². The number of benzene rings is 2. The van der Waals surface area contributed by atoms with Gasteiger partial charge in [0, 0.05) is 11.8 Å². The van der Waals surface area contributed by atoms with Gasteiger partial charge in [-0.25, -0.2) is 9.97 Å². The molecular weight excluding hydrogens is 342 g/mol. The molecule has 1 N–H and O–H groups in total. The van der Waals surface area contributed by atoms with Crippen LogP contribution in [0.25, 0.3) is 10.9 Å². The van der Waals surface area contributed by atoms with E-state index in [-0.39, 0.29) is 0 Å². The number of hydrogen-bond acceptors (Lipinski definition) is 7. The van der Waals surface area contributed by atoms with Crippen LogP contribution in [0.1, 0.15) is 0 Å². The number of anilines is 1. The lowest BCUT2D eigenvalue weighted by molar-refractivity contribution is 0.270. The maximum Gasteiger partial charge on any atom is 0.230 e. The van der Waals surface area contributed by atoms with E-state index in [4.69, 9.17) is 14.2 Å². The molecule has 0 fully saturated rings. The van der Waals surface area contributed by atoms with Gasteiger partial charge in [-0.3, -0.25) is 0 Å². The number of ether oxygens (including phenoxy) is 3. The molecular formula is C17H14N3O4S-. The summed E-state index contributed by atoms with van der Waals surface area (Å²) in [5.41, 5.74) is 1.25. The molecule has 0 atom stereocenters. The Morgan fingerprint density at radius 3 is 2.36 bits per heavy atom. The van der Waals surface area contributed by atoms with E-state index in [1.54, 1.807) is 50.6 Å². The fraction of sp³-hybridized carbons (Fsp3) is 0.118. The lowest BCUT2D eigenvalue weighted by Gasteiger charge is -2.12. The van der Waals surface area contributed by atoms with Crippen LogP contribution in [0.15, 0.2) is 42.7 Å². The number of nitrogens with zero attached hydrogens (tertiary/aromatic N) is 2.